The molecule has 1 aliphatic heterocycles. The molecular weight excluding hydrogens is 136 g/mol. The van der Waals surface area contributed by atoms with Crippen molar-refractivity contribution in [2.45, 2.75) is 11.3 Å². The van der Waals surface area contributed by atoms with Crippen LogP contribution in [0.4, 0.5) is 0 Å². The molecule has 9 heavy (non-hydrogen) atoms. The Labute approximate surface area is 57.5 Å². The number of hydrogen-bond acceptors (Lipinski definition) is 3. The molecule has 0 saturated carbocycles. The molecule has 0 aliphatic carbocycles. The van der Waals surface area contributed by atoms with Gasteiger partial charge in [-0.05, 0) is 5.41 Å². The molecule has 3 nitrogen and oxygen atoms in total. The maximum atomic E-state index is 10.6. The van der Waals surface area contributed by atoms with Gasteiger partial charge in [-0.15, -0.1) is 11.8 Å². The van der Waals surface area contributed by atoms with Gasteiger partial charge in [-0.2, -0.15) is 0 Å². The molecule has 50 valence electrons. The summed E-state index contributed by atoms with van der Waals surface area (Å²) in [6.45, 7) is 0. The van der Waals surface area contributed by atoms with Crippen molar-refractivity contribution in [2.75, 3.05) is 0 Å². The van der Waals surface area contributed by atoms with E-state index in [2.05, 4.69) is 0 Å². The van der Waals surface area contributed by atoms with Crippen molar-refractivity contribution >= 4 is 17.7 Å². The zero-order valence-corrected chi connectivity index (χ0v) is 5.65. The van der Waals surface area contributed by atoms with E-state index < -0.39 is 10.8 Å². The number of primary amides is 1. The lowest BCUT2D eigenvalue weighted by Crippen LogP contribution is -2.46. The first-order chi connectivity index (χ1) is 4.15. The van der Waals surface area contributed by atoms with Crippen molar-refractivity contribution in [2.24, 2.45) is 11.5 Å². The minimum Gasteiger partial charge on any atom is -0.367 e. The van der Waals surface area contributed by atoms with Crippen LogP contribution < -0.4 is 11.5 Å². The number of nitrogens with two attached hydrogens (primary N) is 2. The summed E-state index contributed by atoms with van der Waals surface area (Å²) in [6.07, 6.45) is 2.39. The Kier molecular flexibility index (Phi) is 1.50. The van der Waals surface area contributed by atoms with Crippen LogP contribution in [0.2, 0.25) is 0 Å². The van der Waals surface area contributed by atoms with E-state index in [0.29, 0.717) is 6.42 Å². The van der Waals surface area contributed by atoms with Gasteiger partial charge >= 0.3 is 0 Å². The second-order valence-corrected chi connectivity index (χ2v) is 3.18. The molecule has 1 atom stereocenters. The van der Waals surface area contributed by atoms with E-state index >= 15 is 0 Å². The van der Waals surface area contributed by atoms with Gasteiger partial charge in [0.1, 0.15) is 4.87 Å². The maximum absolute atomic E-state index is 10.6. The summed E-state index contributed by atoms with van der Waals surface area (Å²) in [5.74, 6) is -0.447. The fraction of sp³-hybridized carbons (Fsp3) is 0.400. The molecule has 0 aromatic carbocycles. The van der Waals surface area contributed by atoms with Gasteiger partial charge in [0.15, 0.2) is 0 Å². The van der Waals surface area contributed by atoms with Crippen LogP contribution in [0.3, 0.4) is 0 Å². The first kappa shape index (κ1) is 6.64. The predicted molar refractivity (Wildman–Crippen MR) is 37.5 cm³/mol. The third kappa shape index (κ3) is 1.09. The van der Waals surface area contributed by atoms with Crippen molar-refractivity contribution in [3.05, 3.63) is 11.5 Å². The molecule has 0 bridgehead atoms. The van der Waals surface area contributed by atoms with Crippen LogP contribution in [0.25, 0.3) is 0 Å². The zero-order chi connectivity index (χ0) is 6.91. The van der Waals surface area contributed by atoms with Gasteiger partial charge in [0.25, 0.3) is 0 Å². The summed E-state index contributed by atoms with van der Waals surface area (Å²) in [7, 11) is 0. The highest BCUT2D eigenvalue weighted by molar-refractivity contribution is 8.04. The second-order valence-electron chi connectivity index (χ2n) is 1.95. The number of amides is 1. The normalized spacial score (nSPS) is 33.0. The van der Waals surface area contributed by atoms with E-state index in [4.69, 9.17) is 11.5 Å². The number of thioether (sulfide) groups is 1. The molecule has 1 amide bonds. The van der Waals surface area contributed by atoms with Crippen molar-refractivity contribution in [3.8, 4) is 0 Å². The molecular formula is C5H8N2OS. The number of hydrogen-bond donors (Lipinski definition) is 2. The van der Waals surface area contributed by atoms with E-state index in [1.165, 1.54) is 11.8 Å². The molecule has 0 fully saturated rings. The first-order valence-corrected chi connectivity index (χ1v) is 3.45. The minimum absolute atomic E-state index is 0.447. The average molecular weight is 144 g/mol. The van der Waals surface area contributed by atoms with Crippen molar-refractivity contribution in [1.29, 1.82) is 0 Å². The Bertz CT molecular complexity index is 158. The summed E-state index contributed by atoms with van der Waals surface area (Å²) in [6, 6.07) is 0. The van der Waals surface area contributed by atoms with Gasteiger partial charge in [-0.1, -0.05) is 6.08 Å². The summed E-state index contributed by atoms with van der Waals surface area (Å²) >= 11 is 1.28. The third-order valence-corrected chi connectivity index (χ3v) is 2.33. The van der Waals surface area contributed by atoms with E-state index in [1.54, 1.807) is 5.41 Å². The van der Waals surface area contributed by atoms with Gasteiger partial charge in [-0.3, -0.25) is 4.79 Å². The Morgan fingerprint density at radius 2 is 2.44 bits per heavy atom. The molecule has 0 spiro atoms. The van der Waals surface area contributed by atoms with Gasteiger partial charge < -0.3 is 11.5 Å². The average Bonchev–Trinajstić information content (AvgIpc) is 2.16. The quantitative estimate of drug-likeness (QED) is 0.534. The fourth-order valence-corrected chi connectivity index (χ4v) is 1.34. The first-order valence-electron chi connectivity index (χ1n) is 2.57. The van der Waals surface area contributed by atoms with Crippen LogP contribution in [0.5, 0.6) is 0 Å². The molecule has 0 aromatic rings. The lowest BCUT2D eigenvalue weighted by molar-refractivity contribution is -0.120. The molecule has 1 rings (SSSR count). The molecule has 4 heteroatoms. The van der Waals surface area contributed by atoms with E-state index in [-0.39, 0.29) is 0 Å². The summed E-state index contributed by atoms with van der Waals surface area (Å²) < 4.78 is 0. The van der Waals surface area contributed by atoms with Crippen molar-refractivity contribution < 1.29 is 4.79 Å². The van der Waals surface area contributed by atoms with Gasteiger partial charge in [0.2, 0.25) is 5.91 Å². The Morgan fingerprint density at radius 1 is 1.78 bits per heavy atom. The van der Waals surface area contributed by atoms with Crippen LogP contribution in [0.1, 0.15) is 6.42 Å². The Hall–Kier alpha value is -0.480. The summed E-state index contributed by atoms with van der Waals surface area (Å²) in [4.78, 5) is 9.70. The summed E-state index contributed by atoms with van der Waals surface area (Å²) in [5.41, 5.74) is 10.5. The van der Waals surface area contributed by atoms with Crippen LogP contribution in [0.15, 0.2) is 11.5 Å². The van der Waals surface area contributed by atoms with E-state index in [0.717, 1.165) is 0 Å². The monoisotopic (exact) mass is 144 g/mol. The van der Waals surface area contributed by atoms with Gasteiger partial charge in [0.05, 0.1) is 0 Å². The van der Waals surface area contributed by atoms with E-state index in [9.17, 15) is 4.79 Å². The molecule has 4 N–H and O–H groups in total. The highest BCUT2D eigenvalue weighted by atomic mass is 32.2. The Morgan fingerprint density at radius 3 is 2.67 bits per heavy atom. The molecule has 1 aliphatic rings. The van der Waals surface area contributed by atoms with Gasteiger partial charge in [0, 0.05) is 6.42 Å². The second kappa shape index (κ2) is 2.04. The Balaban J connectivity index is 2.66. The number of carbonyl (C=O) groups is 1. The van der Waals surface area contributed by atoms with Crippen molar-refractivity contribution in [1.82, 2.24) is 0 Å². The number of carbonyl (C=O) groups excluding carboxylic acids is 1. The highest BCUT2D eigenvalue weighted by Crippen LogP contribution is 2.30. The molecule has 0 saturated heterocycles. The van der Waals surface area contributed by atoms with Gasteiger partial charge in [-0.25, -0.2) is 0 Å². The fourth-order valence-electron chi connectivity index (χ4n) is 0.600. The number of rotatable bonds is 1. The predicted octanol–water partition coefficient (Wildman–Crippen LogP) is -0.223. The van der Waals surface area contributed by atoms with Crippen molar-refractivity contribution in [3.63, 3.8) is 0 Å². The highest BCUT2D eigenvalue weighted by Gasteiger charge is 2.33. The van der Waals surface area contributed by atoms with Crippen LogP contribution in [-0.4, -0.2) is 10.8 Å². The zero-order valence-electron chi connectivity index (χ0n) is 4.83. The van der Waals surface area contributed by atoms with Crippen LogP contribution in [0, 0.1) is 0 Å². The SMILES string of the molecule is NC(=O)C1(N)CC=CS1. The topological polar surface area (TPSA) is 69.1 Å². The summed E-state index contributed by atoms with van der Waals surface area (Å²) in [5, 5.41) is 1.80. The van der Waals surface area contributed by atoms with E-state index in [1.807, 2.05) is 6.08 Å². The molecule has 0 radical (unpaired) electrons. The lowest BCUT2D eigenvalue weighted by Gasteiger charge is -2.16. The third-order valence-electron chi connectivity index (χ3n) is 1.21. The largest absolute Gasteiger partial charge is 0.367 e. The van der Waals surface area contributed by atoms with Crippen LogP contribution in [-0.2, 0) is 4.79 Å². The minimum atomic E-state index is -0.861. The molecule has 1 heterocycles. The maximum Gasteiger partial charge on any atom is 0.248 e. The molecule has 0 aromatic heterocycles. The smallest absolute Gasteiger partial charge is 0.248 e. The molecule has 1 unspecified atom stereocenters. The lowest BCUT2D eigenvalue weighted by atomic mass is 10.2. The standard InChI is InChI=1S/C5H8N2OS/c6-4(8)5(7)2-1-3-9-5/h1,3H,2,7H2,(H2,6,8). The van der Waals surface area contributed by atoms with Crippen LogP contribution >= 0.6 is 11.8 Å².